The van der Waals surface area contributed by atoms with Crippen molar-refractivity contribution in [2.45, 2.75) is 26.2 Å². The lowest BCUT2D eigenvalue weighted by Crippen LogP contribution is -2.61. The molecule has 0 aliphatic carbocycles. The van der Waals surface area contributed by atoms with Crippen LogP contribution >= 0.6 is 0 Å². The molecule has 0 aromatic rings. The van der Waals surface area contributed by atoms with E-state index in [0.717, 1.165) is 0 Å². The van der Waals surface area contributed by atoms with E-state index >= 15 is 0 Å². The van der Waals surface area contributed by atoms with E-state index in [1.165, 1.54) is 0 Å². The zero-order valence-corrected chi connectivity index (χ0v) is 14.9. The fraction of sp³-hybridized carbons (Fsp3) is 1.00. The average Bonchev–Trinajstić information content (AvgIpc) is 2.14. The fourth-order valence-corrected chi connectivity index (χ4v) is 15.3. The van der Waals surface area contributed by atoms with Crippen LogP contribution in [0.15, 0.2) is 0 Å². The van der Waals surface area contributed by atoms with Crippen molar-refractivity contribution in [3.05, 3.63) is 0 Å². The Balaban J connectivity index is 2.85. The summed E-state index contributed by atoms with van der Waals surface area (Å²) >= 11 is 0. The van der Waals surface area contributed by atoms with Gasteiger partial charge in [-0.1, -0.05) is 0 Å². The summed E-state index contributed by atoms with van der Waals surface area (Å²) in [6.45, 7) is 7.59. The molecule has 1 rings (SSSR count). The second-order valence-electron chi connectivity index (χ2n) is 3.74. The van der Waals surface area contributed by atoms with Crippen LogP contribution in [-0.4, -0.2) is 50.4 Å². The first kappa shape index (κ1) is 14.7. The van der Waals surface area contributed by atoms with Crippen molar-refractivity contribution < 1.29 is 25.3 Å². The van der Waals surface area contributed by atoms with Crippen molar-refractivity contribution >= 4 is 36.2 Å². The molecule has 0 aromatic heterocycles. The monoisotopic (exact) mass is 300 g/mol. The van der Waals surface area contributed by atoms with Gasteiger partial charge in [0.05, 0.1) is 0 Å². The Morgan fingerprint density at radius 2 is 1.25 bits per heavy atom. The van der Waals surface area contributed by atoms with Gasteiger partial charge in [0.15, 0.2) is 0 Å². The normalized spacial score (nSPS) is 46.1. The molecule has 0 aromatic carbocycles. The summed E-state index contributed by atoms with van der Waals surface area (Å²) in [5.74, 6) is 0. The molecule has 0 N–H and O–H groups in total. The molecule has 0 spiro atoms. The average molecular weight is 301 g/mol. The maximum Gasteiger partial charge on any atom is 0.480 e. The van der Waals surface area contributed by atoms with E-state index in [1.54, 1.807) is 14.2 Å². The van der Waals surface area contributed by atoms with Crippen LogP contribution in [0.5, 0.6) is 0 Å². The Hall–Kier alpha value is 0.628. The summed E-state index contributed by atoms with van der Waals surface area (Å²) in [5, 5.41) is 0. The van der Waals surface area contributed by atoms with Crippen molar-refractivity contribution in [1.29, 1.82) is 0 Å². The number of hydrogen-bond acceptors (Lipinski definition) is 6. The summed E-state index contributed by atoms with van der Waals surface area (Å²) in [6.07, 6.45) is 0. The van der Waals surface area contributed by atoms with Crippen LogP contribution in [0.1, 0.15) is 0 Å². The molecule has 0 amide bonds. The van der Waals surface area contributed by atoms with Crippen molar-refractivity contribution in [2.24, 2.45) is 0 Å². The topological polar surface area (TPSA) is 55.4 Å². The number of rotatable bonds is 2. The first-order chi connectivity index (χ1) is 7.32. The third-order valence-electron chi connectivity index (χ3n) is 2.26. The van der Waals surface area contributed by atoms with E-state index in [1.807, 2.05) is 26.2 Å². The van der Waals surface area contributed by atoms with Gasteiger partial charge in [-0.2, -0.15) is 0 Å². The first-order valence-corrected chi connectivity index (χ1v) is 13.8. The van der Waals surface area contributed by atoms with Gasteiger partial charge in [-0.25, -0.2) is 0 Å². The van der Waals surface area contributed by atoms with Crippen LogP contribution in [0.25, 0.3) is 0 Å². The molecule has 1 aliphatic heterocycles. The van der Waals surface area contributed by atoms with Gasteiger partial charge in [0.1, 0.15) is 0 Å². The second kappa shape index (κ2) is 5.51. The van der Waals surface area contributed by atoms with Crippen LogP contribution in [0.4, 0.5) is 0 Å². The minimum absolute atomic E-state index is 1.58. The summed E-state index contributed by atoms with van der Waals surface area (Å²) in [4.78, 5) is 0. The third kappa shape index (κ3) is 3.83. The van der Waals surface area contributed by atoms with Gasteiger partial charge in [0, 0.05) is 27.3 Å². The Labute approximate surface area is 102 Å². The fourth-order valence-electron chi connectivity index (χ4n) is 1.49. The van der Waals surface area contributed by atoms with E-state index in [-0.39, 0.29) is 0 Å². The molecule has 4 atom stereocenters. The molecule has 16 heavy (non-hydrogen) atoms. The molecule has 4 unspecified atom stereocenters. The molecular formula is C6H20O6Si4. The van der Waals surface area contributed by atoms with E-state index < -0.39 is 36.2 Å². The maximum atomic E-state index is 5.88. The Morgan fingerprint density at radius 1 is 0.875 bits per heavy atom. The van der Waals surface area contributed by atoms with Gasteiger partial charge < -0.3 is 25.3 Å². The van der Waals surface area contributed by atoms with Crippen molar-refractivity contribution in [2.75, 3.05) is 14.2 Å². The van der Waals surface area contributed by atoms with Crippen LogP contribution in [-0.2, 0) is 25.3 Å². The van der Waals surface area contributed by atoms with E-state index in [2.05, 4.69) is 0 Å². The van der Waals surface area contributed by atoms with Crippen LogP contribution in [0.2, 0.25) is 26.2 Å². The highest BCUT2D eigenvalue weighted by molar-refractivity contribution is 6.82. The SMILES string of the molecule is CO[Si]1(C)O[SiH](C)O[SiH](C)O[Si](C)(OC)O1. The molecule has 6 nitrogen and oxygen atoms in total. The third-order valence-corrected chi connectivity index (χ3v) is 15.9. The highest BCUT2D eigenvalue weighted by Gasteiger charge is 2.50. The molecule has 0 bridgehead atoms. The van der Waals surface area contributed by atoms with E-state index in [9.17, 15) is 0 Å². The van der Waals surface area contributed by atoms with E-state index in [0.29, 0.717) is 0 Å². The van der Waals surface area contributed by atoms with Gasteiger partial charge in [-0.3, -0.25) is 0 Å². The van der Waals surface area contributed by atoms with Gasteiger partial charge in [0.25, 0.3) is 0 Å². The lowest BCUT2D eigenvalue weighted by atomic mass is 11.8. The summed E-state index contributed by atoms with van der Waals surface area (Å²) < 4.78 is 34.0. The predicted octanol–water partition coefficient (Wildman–Crippen LogP) is 0.197. The lowest BCUT2D eigenvalue weighted by Gasteiger charge is -2.39. The lowest BCUT2D eigenvalue weighted by molar-refractivity contribution is 0.115. The first-order valence-electron chi connectivity index (χ1n) is 5.14. The van der Waals surface area contributed by atoms with Crippen molar-refractivity contribution in [3.8, 4) is 0 Å². The molecule has 1 heterocycles. The molecule has 1 saturated heterocycles. The van der Waals surface area contributed by atoms with Crippen molar-refractivity contribution in [3.63, 3.8) is 0 Å². The molecular weight excluding hydrogens is 280 g/mol. The van der Waals surface area contributed by atoms with Gasteiger partial charge in [-0.15, -0.1) is 0 Å². The Morgan fingerprint density at radius 3 is 1.56 bits per heavy atom. The quantitative estimate of drug-likeness (QED) is 0.679. The highest BCUT2D eigenvalue weighted by Crippen LogP contribution is 2.22. The molecule has 10 heteroatoms. The summed E-state index contributed by atoms with van der Waals surface area (Å²) in [6, 6.07) is 0. The smallest absolute Gasteiger partial charge is 0.420 e. The molecule has 96 valence electrons. The Kier molecular flexibility index (Phi) is 5.06. The standard InChI is InChI=1S/C6H20O6Si4/c1-7-15(5)10-13(3)9-14(4)11-16(6,8-2)12-15/h13-14H,1-6H3. The van der Waals surface area contributed by atoms with Crippen LogP contribution in [0.3, 0.4) is 0 Å². The minimum Gasteiger partial charge on any atom is -0.420 e. The summed E-state index contributed by atoms with van der Waals surface area (Å²) in [5.41, 5.74) is 0. The van der Waals surface area contributed by atoms with Gasteiger partial charge in [-0.05, 0) is 13.1 Å². The van der Waals surface area contributed by atoms with E-state index in [4.69, 9.17) is 25.3 Å². The van der Waals surface area contributed by atoms with Crippen LogP contribution < -0.4 is 0 Å². The molecule has 1 aliphatic rings. The minimum atomic E-state index is -2.67. The zero-order valence-electron chi connectivity index (χ0n) is 10.6. The second-order valence-corrected chi connectivity index (χ2v) is 14.1. The van der Waals surface area contributed by atoms with Gasteiger partial charge >= 0.3 is 36.2 Å². The van der Waals surface area contributed by atoms with Crippen molar-refractivity contribution in [1.82, 2.24) is 0 Å². The Bertz CT molecular complexity index is 223. The zero-order chi connectivity index (χ0) is 12.4. The predicted molar refractivity (Wildman–Crippen MR) is 67.6 cm³/mol. The highest BCUT2D eigenvalue weighted by atomic mass is 28.5. The van der Waals surface area contributed by atoms with Gasteiger partial charge in [0.2, 0.25) is 0 Å². The summed E-state index contributed by atoms with van der Waals surface area (Å²) in [7, 11) is -5.62. The molecule has 0 radical (unpaired) electrons. The largest absolute Gasteiger partial charge is 0.480 e. The molecule has 1 fully saturated rings. The van der Waals surface area contributed by atoms with Crippen LogP contribution in [0, 0.1) is 0 Å². The number of hydrogen-bond donors (Lipinski definition) is 0. The molecule has 0 saturated carbocycles. The maximum absolute atomic E-state index is 5.88.